The molecule has 6 heterocycles. The molecule has 12 heteroatoms. The Morgan fingerprint density at radius 1 is 1.24 bits per heavy atom. The second-order valence-corrected chi connectivity index (χ2v) is 11.3. The number of amides is 1. The van der Waals surface area contributed by atoms with Gasteiger partial charge in [-0.15, -0.1) is 11.3 Å². The molecule has 7 rings (SSSR count). The Morgan fingerprint density at radius 2 is 2.16 bits per heavy atom. The van der Waals surface area contributed by atoms with Gasteiger partial charge in [0.25, 0.3) is 5.56 Å². The van der Waals surface area contributed by atoms with Gasteiger partial charge in [0, 0.05) is 50.6 Å². The number of aromatic nitrogens is 6. The van der Waals surface area contributed by atoms with Crippen LogP contribution in [0.15, 0.2) is 35.6 Å². The molecule has 1 aliphatic heterocycles. The molecular weight excluding hydrogens is 504 g/mol. The minimum atomic E-state index is -0.235. The number of ether oxygens (including phenoxy) is 1. The molecule has 2 aliphatic rings. The Balaban J connectivity index is 1.12. The van der Waals surface area contributed by atoms with Gasteiger partial charge in [-0.25, -0.2) is 4.52 Å². The van der Waals surface area contributed by atoms with E-state index in [4.69, 9.17) is 9.84 Å². The van der Waals surface area contributed by atoms with Crippen molar-refractivity contribution in [3.63, 3.8) is 0 Å². The lowest BCUT2D eigenvalue weighted by Crippen LogP contribution is -2.34. The van der Waals surface area contributed by atoms with Gasteiger partial charge in [0.2, 0.25) is 5.91 Å². The number of hydrogen-bond acceptors (Lipinski definition) is 8. The first-order valence-electron chi connectivity index (χ1n) is 13.0. The van der Waals surface area contributed by atoms with Crippen LogP contribution in [0.3, 0.4) is 0 Å². The molecule has 0 unspecified atom stereocenters. The van der Waals surface area contributed by atoms with E-state index in [0.717, 1.165) is 34.3 Å². The van der Waals surface area contributed by atoms with Crippen LogP contribution in [0.4, 0.5) is 5.69 Å². The molecule has 2 N–H and O–H groups in total. The van der Waals surface area contributed by atoms with E-state index in [1.54, 1.807) is 30.1 Å². The number of methoxy groups -OCH3 is 1. The molecule has 11 nitrogen and oxygen atoms in total. The van der Waals surface area contributed by atoms with Crippen LogP contribution in [0.1, 0.15) is 25.7 Å². The molecule has 5 aromatic heterocycles. The number of carbonyl (C=O) groups excluding carboxylic acids is 1. The topological polar surface area (TPSA) is 122 Å². The SMILES string of the molecule is COCCn1cc(-c2cn3nc4c5ncc(NC(=O)CCN6C[C@H]7CC[C@@H]6C7)cc5[nH]c(=O)c4c3s2)cn1. The summed E-state index contributed by atoms with van der Waals surface area (Å²) in [6, 6.07) is 2.41. The Morgan fingerprint density at radius 3 is 2.97 bits per heavy atom. The van der Waals surface area contributed by atoms with Crippen LogP contribution in [-0.2, 0) is 16.1 Å². The minimum Gasteiger partial charge on any atom is -0.383 e. The smallest absolute Gasteiger partial charge is 0.261 e. The zero-order valence-corrected chi connectivity index (χ0v) is 21.8. The van der Waals surface area contributed by atoms with Crippen LogP contribution in [0.2, 0.25) is 0 Å². The number of rotatable bonds is 8. The number of carbonyl (C=O) groups is 1. The van der Waals surface area contributed by atoms with Crippen LogP contribution in [0, 0.1) is 5.92 Å². The first kappa shape index (κ1) is 23.5. The molecule has 2 bridgehead atoms. The van der Waals surface area contributed by atoms with E-state index in [0.29, 0.717) is 53.2 Å². The average molecular weight is 533 g/mol. The van der Waals surface area contributed by atoms with E-state index >= 15 is 0 Å². The van der Waals surface area contributed by atoms with Crippen molar-refractivity contribution in [1.29, 1.82) is 0 Å². The Hall–Kier alpha value is -3.61. The number of H-pyrrole nitrogens is 1. The normalized spacial score (nSPS) is 19.4. The van der Waals surface area contributed by atoms with Crippen LogP contribution >= 0.6 is 11.3 Å². The van der Waals surface area contributed by atoms with Gasteiger partial charge >= 0.3 is 0 Å². The fourth-order valence-electron chi connectivity index (χ4n) is 5.92. The summed E-state index contributed by atoms with van der Waals surface area (Å²) in [4.78, 5) is 37.4. The third kappa shape index (κ3) is 4.08. The predicted molar refractivity (Wildman–Crippen MR) is 146 cm³/mol. The molecule has 1 amide bonds. The summed E-state index contributed by atoms with van der Waals surface area (Å²) in [5.74, 6) is 0.772. The van der Waals surface area contributed by atoms with Crippen molar-refractivity contribution in [1.82, 2.24) is 34.3 Å². The number of nitrogens with zero attached hydrogens (tertiary/aromatic N) is 6. The van der Waals surface area contributed by atoms with E-state index in [-0.39, 0.29) is 11.5 Å². The highest BCUT2D eigenvalue weighted by molar-refractivity contribution is 7.21. The predicted octanol–water partition coefficient (Wildman–Crippen LogP) is 3.11. The van der Waals surface area contributed by atoms with Gasteiger partial charge in [-0.3, -0.25) is 24.2 Å². The number of aromatic amines is 1. The van der Waals surface area contributed by atoms with E-state index in [9.17, 15) is 9.59 Å². The second kappa shape index (κ2) is 9.29. The van der Waals surface area contributed by atoms with Crippen molar-refractivity contribution in [3.8, 4) is 10.4 Å². The highest BCUT2D eigenvalue weighted by Gasteiger charge is 2.37. The summed E-state index contributed by atoms with van der Waals surface area (Å²) in [7, 11) is 1.66. The maximum absolute atomic E-state index is 13.1. The van der Waals surface area contributed by atoms with Crippen molar-refractivity contribution in [3.05, 3.63) is 41.2 Å². The molecule has 5 aromatic rings. The van der Waals surface area contributed by atoms with Crippen molar-refractivity contribution in [2.45, 2.75) is 38.3 Å². The first-order chi connectivity index (χ1) is 18.6. The number of thiazole rings is 1. The van der Waals surface area contributed by atoms with E-state index < -0.39 is 0 Å². The standard InChI is InChI=1S/C26H28N8O3S/c1-37-7-6-33-13-16(10-28-33)20-14-34-26(38-20)22-24(31-34)23-19(30-25(22)36)9-17(11-27-23)29-21(35)4-5-32-12-15-2-3-18(32)8-15/h9-11,13-15,18H,2-8,12H2,1H3,(H,29,35)(H,30,36)/t15-,18+/m0/s1. The summed E-state index contributed by atoms with van der Waals surface area (Å²) >= 11 is 1.49. The van der Waals surface area contributed by atoms with Crippen molar-refractivity contribution in [2.24, 2.45) is 5.92 Å². The zero-order valence-electron chi connectivity index (χ0n) is 21.0. The molecule has 0 spiro atoms. The fourth-order valence-corrected chi connectivity index (χ4v) is 6.98. The molecule has 1 saturated heterocycles. The molecule has 0 radical (unpaired) electrons. The van der Waals surface area contributed by atoms with Crippen LogP contribution in [-0.4, -0.2) is 73.0 Å². The molecule has 38 heavy (non-hydrogen) atoms. The molecule has 2 fully saturated rings. The quantitative estimate of drug-likeness (QED) is 0.315. The van der Waals surface area contributed by atoms with E-state index in [1.165, 1.54) is 30.6 Å². The van der Waals surface area contributed by atoms with Crippen molar-refractivity contribution >= 4 is 49.7 Å². The minimum absolute atomic E-state index is 0.0436. The van der Waals surface area contributed by atoms with Gasteiger partial charge in [0.05, 0.1) is 41.6 Å². The lowest BCUT2D eigenvalue weighted by atomic mass is 10.1. The number of hydrogen-bond donors (Lipinski definition) is 2. The van der Waals surface area contributed by atoms with E-state index in [1.807, 2.05) is 17.1 Å². The summed E-state index contributed by atoms with van der Waals surface area (Å²) in [6.45, 7) is 3.15. The van der Waals surface area contributed by atoms with Gasteiger partial charge in [-0.1, -0.05) is 0 Å². The summed E-state index contributed by atoms with van der Waals surface area (Å²) in [5.41, 5.74) is 2.96. The molecule has 1 saturated carbocycles. The molecule has 1 aliphatic carbocycles. The molecule has 196 valence electrons. The van der Waals surface area contributed by atoms with Gasteiger partial charge < -0.3 is 15.0 Å². The third-order valence-electron chi connectivity index (χ3n) is 7.77. The Labute approximate surface area is 221 Å². The van der Waals surface area contributed by atoms with Crippen LogP contribution in [0.5, 0.6) is 0 Å². The highest BCUT2D eigenvalue weighted by atomic mass is 32.1. The van der Waals surface area contributed by atoms with Gasteiger partial charge in [-0.05, 0) is 31.2 Å². The number of likely N-dealkylation sites (tertiary alicyclic amines) is 1. The molecule has 0 aromatic carbocycles. The lowest BCUT2D eigenvalue weighted by molar-refractivity contribution is -0.116. The fraction of sp³-hybridized carbons (Fsp3) is 0.423. The first-order valence-corrected chi connectivity index (χ1v) is 13.8. The third-order valence-corrected chi connectivity index (χ3v) is 8.92. The second-order valence-electron chi connectivity index (χ2n) is 10.3. The maximum atomic E-state index is 13.1. The van der Waals surface area contributed by atoms with Crippen molar-refractivity contribution < 1.29 is 9.53 Å². The summed E-state index contributed by atoms with van der Waals surface area (Å²) in [5, 5.41) is 12.5. The monoisotopic (exact) mass is 532 g/mol. The number of pyridine rings is 2. The summed E-state index contributed by atoms with van der Waals surface area (Å²) < 4.78 is 8.68. The maximum Gasteiger partial charge on any atom is 0.261 e. The van der Waals surface area contributed by atoms with Gasteiger partial charge in [-0.2, -0.15) is 10.2 Å². The number of nitrogens with one attached hydrogen (secondary N) is 2. The Kier molecular flexibility index (Phi) is 5.75. The summed E-state index contributed by atoms with van der Waals surface area (Å²) in [6.07, 6.45) is 11.6. The average Bonchev–Trinajstić information content (AvgIpc) is 3.72. The Bertz CT molecular complexity index is 1730. The van der Waals surface area contributed by atoms with Crippen LogP contribution in [0.25, 0.3) is 37.2 Å². The van der Waals surface area contributed by atoms with E-state index in [2.05, 4.69) is 25.3 Å². The lowest BCUT2D eigenvalue weighted by Gasteiger charge is -2.26. The van der Waals surface area contributed by atoms with Gasteiger partial charge in [0.1, 0.15) is 21.3 Å². The highest BCUT2D eigenvalue weighted by Crippen LogP contribution is 2.37. The zero-order chi connectivity index (χ0) is 25.8. The van der Waals surface area contributed by atoms with Crippen molar-refractivity contribution in [2.75, 3.05) is 32.1 Å². The number of fused-ring (bicyclic) bond motifs is 7. The van der Waals surface area contributed by atoms with Gasteiger partial charge in [0.15, 0.2) is 0 Å². The van der Waals surface area contributed by atoms with Crippen LogP contribution < -0.4 is 10.9 Å². The number of piperidine rings is 1. The molecule has 2 atom stereocenters. The molecular formula is C26H28N8O3S. The number of anilines is 1. The largest absolute Gasteiger partial charge is 0.383 e.